The Morgan fingerprint density at radius 1 is 1.30 bits per heavy atom. The second-order valence-electron chi connectivity index (χ2n) is 4.80. The first-order valence-electron chi connectivity index (χ1n) is 6.60. The molecule has 1 aromatic carbocycles. The number of nitrogens with one attached hydrogen (secondary N) is 2. The van der Waals surface area contributed by atoms with Crippen molar-refractivity contribution >= 4 is 18.3 Å². The molecule has 0 aromatic heterocycles. The average molecular weight is 305 g/mol. The highest BCUT2D eigenvalue weighted by Crippen LogP contribution is 2.13. The van der Waals surface area contributed by atoms with E-state index in [2.05, 4.69) is 10.6 Å². The lowest BCUT2D eigenvalue weighted by molar-refractivity contribution is -0.121. The molecule has 0 unspecified atom stereocenters. The summed E-state index contributed by atoms with van der Waals surface area (Å²) in [6.45, 7) is 1.81. The Balaban J connectivity index is 0.00000200. The lowest BCUT2D eigenvalue weighted by Gasteiger charge is -2.23. The molecule has 1 aromatic rings. The molecule has 1 amide bonds. The number of carbonyl (C=O) groups excluding carboxylic acids is 1. The van der Waals surface area contributed by atoms with E-state index in [1.54, 1.807) is 0 Å². The third-order valence-corrected chi connectivity index (χ3v) is 3.36. The quantitative estimate of drug-likeness (QED) is 0.895. The standard InChI is InChI=1S/C14H18F2N2O.ClH/c15-12-3-1-2-10(14(12)16)4-5-13(19)18-11-6-8-17-9-7-11;/h1-3,11,17H,4-9H2,(H,18,19);1H. The smallest absolute Gasteiger partial charge is 0.220 e. The number of carbonyl (C=O) groups is 1. The summed E-state index contributed by atoms with van der Waals surface area (Å²) in [5.41, 5.74) is 0.250. The number of aryl methyl sites for hydroxylation is 1. The van der Waals surface area contributed by atoms with Crippen molar-refractivity contribution in [2.75, 3.05) is 13.1 Å². The van der Waals surface area contributed by atoms with Crippen LogP contribution in [0.15, 0.2) is 18.2 Å². The molecule has 0 atom stereocenters. The monoisotopic (exact) mass is 304 g/mol. The molecule has 1 heterocycles. The molecule has 1 saturated heterocycles. The van der Waals surface area contributed by atoms with Gasteiger partial charge in [-0.25, -0.2) is 8.78 Å². The van der Waals surface area contributed by atoms with E-state index in [1.807, 2.05) is 0 Å². The molecule has 0 radical (unpaired) electrons. The van der Waals surface area contributed by atoms with Crippen molar-refractivity contribution in [2.45, 2.75) is 31.7 Å². The maximum absolute atomic E-state index is 13.4. The van der Waals surface area contributed by atoms with Gasteiger partial charge in [0.05, 0.1) is 0 Å². The Kier molecular flexibility index (Phi) is 6.88. The van der Waals surface area contributed by atoms with Gasteiger partial charge in [-0.05, 0) is 44.0 Å². The highest BCUT2D eigenvalue weighted by molar-refractivity contribution is 5.85. The Hall–Kier alpha value is -1.20. The van der Waals surface area contributed by atoms with Crippen LogP contribution >= 0.6 is 12.4 Å². The molecule has 1 aliphatic rings. The first-order valence-corrected chi connectivity index (χ1v) is 6.60. The Morgan fingerprint density at radius 3 is 2.70 bits per heavy atom. The summed E-state index contributed by atoms with van der Waals surface area (Å²) in [5.74, 6) is -1.82. The van der Waals surface area contributed by atoms with E-state index in [9.17, 15) is 13.6 Å². The summed E-state index contributed by atoms with van der Waals surface area (Å²) in [5, 5.41) is 6.14. The topological polar surface area (TPSA) is 41.1 Å². The molecule has 0 spiro atoms. The highest BCUT2D eigenvalue weighted by atomic mass is 35.5. The predicted octanol–water partition coefficient (Wildman–Crippen LogP) is 2.19. The third kappa shape index (κ3) is 4.72. The van der Waals surface area contributed by atoms with Gasteiger partial charge in [-0.15, -0.1) is 12.4 Å². The molecule has 2 N–H and O–H groups in total. The lowest BCUT2D eigenvalue weighted by Crippen LogP contribution is -2.42. The van der Waals surface area contributed by atoms with Crippen LogP contribution in [-0.2, 0) is 11.2 Å². The summed E-state index contributed by atoms with van der Waals surface area (Å²) in [4.78, 5) is 11.7. The summed E-state index contributed by atoms with van der Waals surface area (Å²) in [7, 11) is 0. The van der Waals surface area contributed by atoms with Crippen LogP contribution in [0.25, 0.3) is 0 Å². The molecular formula is C14H19ClF2N2O. The fourth-order valence-electron chi connectivity index (χ4n) is 2.26. The van der Waals surface area contributed by atoms with E-state index in [4.69, 9.17) is 0 Å². The number of rotatable bonds is 4. The fourth-order valence-corrected chi connectivity index (χ4v) is 2.26. The van der Waals surface area contributed by atoms with Crippen molar-refractivity contribution in [3.63, 3.8) is 0 Å². The van der Waals surface area contributed by atoms with Crippen LogP contribution in [0.5, 0.6) is 0 Å². The zero-order valence-electron chi connectivity index (χ0n) is 11.1. The maximum Gasteiger partial charge on any atom is 0.220 e. The summed E-state index contributed by atoms with van der Waals surface area (Å²) >= 11 is 0. The van der Waals surface area contributed by atoms with Crippen LogP contribution in [0.1, 0.15) is 24.8 Å². The minimum absolute atomic E-state index is 0. The first-order chi connectivity index (χ1) is 9.16. The van der Waals surface area contributed by atoms with Crippen molar-refractivity contribution < 1.29 is 13.6 Å². The summed E-state index contributed by atoms with van der Waals surface area (Å²) in [6, 6.07) is 4.24. The van der Waals surface area contributed by atoms with Crippen LogP contribution in [0.2, 0.25) is 0 Å². The molecule has 2 rings (SSSR count). The Labute approximate surface area is 123 Å². The second-order valence-corrected chi connectivity index (χ2v) is 4.80. The third-order valence-electron chi connectivity index (χ3n) is 3.36. The number of halogens is 3. The number of piperidine rings is 1. The largest absolute Gasteiger partial charge is 0.353 e. The van der Waals surface area contributed by atoms with E-state index in [1.165, 1.54) is 12.1 Å². The zero-order chi connectivity index (χ0) is 13.7. The van der Waals surface area contributed by atoms with Crippen molar-refractivity contribution in [1.29, 1.82) is 0 Å². The van der Waals surface area contributed by atoms with Gasteiger partial charge in [0.2, 0.25) is 5.91 Å². The van der Waals surface area contributed by atoms with Gasteiger partial charge >= 0.3 is 0 Å². The normalized spacial score (nSPS) is 15.5. The minimum Gasteiger partial charge on any atom is -0.353 e. The van der Waals surface area contributed by atoms with Crippen LogP contribution in [-0.4, -0.2) is 25.0 Å². The van der Waals surface area contributed by atoms with E-state index >= 15 is 0 Å². The predicted molar refractivity (Wildman–Crippen MR) is 76.0 cm³/mol. The van der Waals surface area contributed by atoms with Crippen LogP contribution in [0.4, 0.5) is 8.78 Å². The minimum atomic E-state index is -0.865. The maximum atomic E-state index is 13.4. The number of benzene rings is 1. The van der Waals surface area contributed by atoms with Gasteiger partial charge in [-0.3, -0.25) is 4.79 Å². The molecule has 0 saturated carbocycles. The van der Waals surface area contributed by atoms with Crippen molar-refractivity contribution in [3.8, 4) is 0 Å². The lowest BCUT2D eigenvalue weighted by atomic mass is 10.1. The number of hydrogen-bond acceptors (Lipinski definition) is 2. The van der Waals surface area contributed by atoms with Crippen molar-refractivity contribution in [3.05, 3.63) is 35.4 Å². The Morgan fingerprint density at radius 2 is 2.00 bits per heavy atom. The van der Waals surface area contributed by atoms with Crippen LogP contribution in [0, 0.1) is 11.6 Å². The van der Waals surface area contributed by atoms with Gasteiger partial charge < -0.3 is 10.6 Å². The Bertz CT molecular complexity index is 451. The van der Waals surface area contributed by atoms with Gasteiger partial charge in [0.15, 0.2) is 11.6 Å². The van der Waals surface area contributed by atoms with E-state index in [0.717, 1.165) is 32.0 Å². The molecule has 0 aliphatic carbocycles. The van der Waals surface area contributed by atoms with Gasteiger partial charge in [-0.1, -0.05) is 12.1 Å². The molecule has 20 heavy (non-hydrogen) atoms. The van der Waals surface area contributed by atoms with E-state index in [0.29, 0.717) is 0 Å². The van der Waals surface area contributed by atoms with E-state index < -0.39 is 11.6 Å². The van der Waals surface area contributed by atoms with Crippen LogP contribution < -0.4 is 10.6 Å². The number of amides is 1. The van der Waals surface area contributed by atoms with Gasteiger partial charge in [0.1, 0.15) is 0 Å². The molecular weight excluding hydrogens is 286 g/mol. The van der Waals surface area contributed by atoms with Gasteiger partial charge in [0.25, 0.3) is 0 Å². The zero-order valence-corrected chi connectivity index (χ0v) is 11.9. The molecule has 1 aliphatic heterocycles. The summed E-state index contributed by atoms with van der Waals surface area (Å²) < 4.78 is 26.4. The van der Waals surface area contributed by atoms with Crippen molar-refractivity contribution in [2.24, 2.45) is 0 Å². The van der Waals surface area contributed by atoms with Crippen LogP contribution in [0.3, 0.4) is 0 Å². The van der Waals surface area contributed by atoms with E-state index in [-0.39, 0.29) is 42.8 Å². The van der Waals surface area contributed by atoms with Crippen molar-refractivity contribution in [1.82, 2.24) is 10.6 Å². The van der Waals surface area contributed by atoms with Gasteiger partial charge in [0, 0.05) is 12.5 Å². The SMILES string of the molecule is Cl.O=C(CCc1cccc(F)c1F)NC1CCNCC1. The summed E-state index contributed by atoms with van der Waals surface area (Å²) in [6.07, 6.45) is 2.24. The average Bonchev–Trinajstić information content (AvgIpc) is 2.42. The molecule has 3 nitrogen and oxygen atoms in total. The highest BCUT2D eigenvalue weighted by Gasteiger charge is 2.16. The molecule has 1 fully saturated rings. The molecule has 112 valence electrons. The fraction of sp³-hybridized carbons (Fsp3) is 0.500. The molecule has 6 heteroatoms. The molecule has 0 bridgehead atoms. The second kappa shape index (κ2) is 8.17. The first kappa shape index (κ1) is 16.9. The number of hydrogen-bond donors (Lipinski definition) is 2. The van der Waals surface area contributed by atoms with Gasteiger partial charge in [-0.2, -0.15) is 0 Å².